The van der Waals surface area contributed by atoms with Gasteiger partial charge in [0.15, 0.2) is 0 Å². The van der Waals surface area contributed by atoms with Crippen LogP contribution < -0.4 is 5.32 Å². The summed E-state index contributed by atoms with van der Waals surface area (Å²) in [6, 6.07) is 4.89. The molecule has 1 rings (SSSR count). The Hall–Kier alpha value is -1.55. The van der Waals surface area contributed by atoms with Gasteiger partial charge in [0.1, 0.15) is 5.75 Å². The first kappa shape index (κ1) is 13.5. The number of unbranched alkanes of at least 4 members (excludes halogenated alkanes) is 1. The van der Waals surface area contributed by atoms with Gasteiger partial charge in [0, 0.05) is 25.8 Å². The van der Waals surface area contributed by atoms with E-state index in [0.717, 1.165) is 24.1 Å². The Morgan fingerprint density at radius 2 is 2.18 bits per heavy atom. The number of nitrogens with one attached hydrogen (secondary N) is 1. The van der Waals surface area contributed by atoms with Crippen LogP contribution in [-0.2, 0) is 9.53 Å². The zero-order valence-corrected chi connectivity index (χ0v) is 10.3. The van der Waals surface area contributed by atoms with Gasteiger partial charge in [0.2, 0.25) is 5.91 Å². The Balaban J connectivity index is 2.40. The molecule has 1 amide bonds. The Labute approximate surface area is 102 Å². The zero-order chi connectivity index (χ0) is 12.7. The first-order valence-corrected chi connectivity index (χ1v) is 5.72. The molecule has 94 valence electrons. The average Bonchev–Trinajstić information content (AvgIpc) is 2.28. The SMILES string of the molecule is COCCCCC(=O)Nc1ccc(O)cc1C. The minimum atomic E-state index is -0.00473. The van der Waals surface area contributed by atoms with E-state index in [9.17, 15) is 9.90 Å². The maximum Gasteiger partial charge on any atom is 0.224 e. The van der Waals surface area contributed by atoms with E-state index in [1.54, 1.807) is 25.3 Å². The normalized spacial score (nSPS) is 10.2. The third-order valence-electron chi connectivity index (χ3n) is 2.49. The second-order valence-electron chi connectivity index (χ2n) is 4.00. The molecular formula is C13H19NO3. The van der Waals surface area contributed by atoms with Crippen molar-refractivity contribution < 1.29 is 14.6 Å². The van der Waals surface area contributed by atoms with Crippen LogP contribution in [0.4, 0.5) is 5.69 Å². The summed E-state index contributed by atoms with van der Waals surface area (Å²) in [5.74, 6) is 0.204. The molecule has 0 unspecified atom stereocenters. The van der Waals surface area contributed by atoms with Gasteiger partial charge in [-0.3, -0.25) is 4.79 Å². The summed E-state index contributed by atoms with van der Waals surface area (Å²) in [5.41, 5.74) is 1.61. The lowest BCUT2D eigenvalue weighted by Crippen LogP contribution is -2.12. The number of benzene rings is 1. The fraction of sp³-hybridized carbons (Fsp3) is 0.462. The molecule has 0 aromatic heterocycles. The molecule has 17 heavy (non-hydrogen) atoms. The fourth-order valence-corrected chi connectivity index (χ4v) is 1.53. The molecule has 1 aromatic carbocycles. The van der Waals surface area contributed by atoms with Gasteiger partial charge in [-0.25, -0.2) is 0 Å². The second kappa shape index (κ2) is 6.91. The molecule has 0 aliphatic carbocycles. The van der Waals surface area contributed by atoms with Crippen LogP contribution in [0.3, 0.4) is 0 Å². The van der Waals surface area contributed by atoms with Crippen molar-refractivity contribution in [2.24, 2.45) is 0 Å². The highest BCUT2D eigenvalue weighted by atomic mass is 16.5. The number of hydrogen-bond donors (Lipinski definition) is 2. The number of ether oxygens (including phenoxy) is 1. The molecule has 0 fully saturated rings. The third-order valence-corrected chi connectivity index (χ3v) is 2.49. The highest BCUT2D eigenvalue weighted by Crippen LogP contribution is 2.20. The van der Waals surface area contributed by atoms with Gasteiger partial charge in [0.05, 0.1) is 0 Å². The molecule has 0 aliphatic heterocycles. The summed E-state index contributed by atoms with van der Waals surface area (Å²) in [7, 11) is 1.65. The molecule has 1 aromatic rings. The molecule has 0 atom stereocenters. The molecule has 0 saturated carbocycles. The maximum absolute atomic E-state index is 11.6. The number of amides is 1. The number of methoxy groups -OCH3 is 1. The van der Waals surface area contributed by atoms with Gasteiger partial charge in [-0.15, -0.1) is 0 Å². The van der Waals surface area contributed by atoms with Crippen LogP contribution in [0.2, 0.25) is 0 Å². The lowest BCUT2D eigenvalue weighted by molar-refractivity contribution is -0.116. The van der Waals surface area contributed by atoms with E-state index in [4.69, 9.17) is 4.74 Å². The third kappa shape index (κ3) is 4.87. The maximum atomic E-state index is 11.6. The quantitative estimate of drug-likeness (QED) is 0.590. The van der Waals surface area contributed by atoms with E-state index in [-0.39, 0.29) is 11.7 Å². The van der Waals surface area contributed by atoms with Crippen molar-refractivity contribution in [3.05, 3.63) is 23.8 Å². The topological polar surface area (TPSA) is 58.6 Å². The van der Waals surface area contributed by atoms with Crippen molar-refractivity contribution in [3.63, 3.8) is 0 Å². The number of rotatable bonds is 6. The van der Waals surface area contributed by atoms with Crippen molar-refractivity contribution >= 4 is 11.6 Å². The number of aromatic hydroxyl groups is 1. The molecule has 2 N–H and O–H groups in total. The highest BCUT2D eigenvalue weighted by molar-refractivity contribution is 5.91. The smallest absolute Gasteiger partial charge is 0.224 e. The lowest BCUT2D eigenvalue weighted by atomic mass is 10.1. The molecule has 0 heterocycles. The summed E-state index contributed by atoms with van der Waals surface area (Å²) >= 11 is 0. The second-order valence-corrected chi connectivity index (χ2v) is 4.00. The minimum Gasteiger partial charge on any atom is -0.508 e. The molecule has 4 heteroatoms. The van der Waals surface area contributed by atoms with Gasteiger partial charge < -0.3 is 15.2 Å². The summed E-state index contributed by atoms with van der Waals surface area (Å²) in [5, 5.41) is 12.1. The average molecular weight is 237 g/mol. The van der Waals surface area contributed by atoms with Crippen LogP contribution >= 0.6 is 0 Å². The Morgan fingerprint density at radius 1 is 1.41 bits per heavy atom. The van der Waals surface area contributed by atoms with E-state index in [0.29, 0.717) is 13.0 Å². The summed E-state index contributed by atoms with van der Waals surface area (Å²) in [4.78, 5) is 11.6. The van der Waals surface area contributed by atoms with Crippen molar-refractivity contribution in [1.82, 2.24) is 0 Å². The Kier molecular flexibility index (Phi) is 5.49. The van der Waals surface area contributed by atoms with E-state index < -0.39 is 0 Å². The van der Waals surface area contributed by atoms with Crippen LogP contribution in [-0.4, -0.2) is 24.7 Å². The Bertz CT molecular complexity index is 377. The first-order valence-electron chi connectivity index (χ1n) is 5.72. The molecule has 0 aliphatic rings. The van der Waals surface area contributed by atoms with Gasteiger partial charge in [-0.1, -0.05) is 0 Å². The monoisotopic (exact) mass is 237 g/mol. The number of hydrogen-bond acceptors (Lipinski definition) is 3. The van der Waals surface area contributed by atoms with Gasteiger partial charge in [-0.05, 0) is 43.5 Å². The minimum absolute atomic E-state index is 0.00473. The number of carbonyl (C=O) groups is 1. The van der Waals surface area contributed by atoms with Crippen LogP contribution in [0, 0.1) is 6.92 Å². The summed E-state index contributed by atoms with van der Waals surface area (Å²) in [6.07, 6.45) is 2.19. The molecule has 0 spiro atoms. The van der Waals surface area contributed by atoms with Crippen molar-refractivity contribution in [2.75, 3.05) is 19.0 Å². The van der Waals surface area contributed by atoms with Crippen molar-refractivity contribution in [2.45, 2.75) is 26.2 Å². The molecule has 4 nitrogen and oxygen atoms in total. The van der Waals surface area contributed by atoms with E-state index in [1.165, 1.54) is 0 Å². The number of anilines is 1. The summed E-state index contributed by atoms with van der Waals surface area (Å²) in [6.45, 7) is 2.53. The molecule has 0 saturated heterocycles. The zero-order valence-electron chi connectivity index (χ0n) is 10.3. The predicted molar refractivity (Wildman–Crippen MR) is 67.2 cm³/mol. The van der Waals surface area contributed by atoms with E-state index in [2.05, 4.69) is 5.32 Å². The highest BCUT2D eigenvalue weighted by Gasteiger charge is 2.04. The van der Waals surface area contributed by atoms with Crippen LogP contribution in [0.5, 0.6) is 5.75 Å². The van der Waals surface area contributed by atoms with Gasteiger partial charge >= 0.3 is 0 Å². The number of aryl methyl sites for hydroxylation is 1. The fourth-order valence-electron chi connectivity index (χ4n) is 1.53. The molecular weight excluding hydrogens is 218 g/mol. The van der Waals surface area contributed by atoms with Crippen LogP contribution in [0.15, 0.2) is 18.2 Å². The van der Waals surface area contributed by atoms with Crippen molar-refractivity contribution in [1.29, 1.82) is 0 Å². The largest absolute Gasteiger partial charge is 0.508 e. The Morgan fingerprint density at radius 3 is 2.82 bits per heavy atom. The van der Waals surface area contributed by atoms with Gasteiger partial charge in [-0.2, -0.15) is 0 Å². The number of phenols is 1. The van der Waals surface area contributed by atoms with E-state index >= 15 is 0 Å². The lowest BCUT2D eigenvalue weighted by Gasteiger charge is -2.08. The molecule has 0 bridgehead atoms. The van der Waals surface area contributed by atoms with Crippen molar-refractivity contribution in [3.8, 4) is 5.75 Å². The molecule has 0 radical (unpaired) electrons. The van der Waals surface area contributed by atoms with Crippen LogP contribution in [0.1, 0.15) is 24.8 Å². The number of carbonyl (C=O) groups excluding carboxylic acids is 1. The van der Waals surface area contributed by atoms with Crippen LogP contribution in [0.25, 0.3) is 0 Å². The number of phenolic OH excluding ortho intramolecular Hbond substituents is 1. The van der Waals surface area contributed by atoms with Gasteiger partial charge in [0.25, 0.3) is 0 Å². The van der Waals surface area contributed by atoms with E-state index in [1.807, 2.05) is 6.92 Å². The predicted octanol–water partition coefficient (Wildman–Crippen LogP) is 2.46. The standard InChI is InChI=1S/C13H19NO3/c1-10-9-11(15)6-7-12(10)14-13(16)5-3-4-8-17-2/h6-7,9,15H,3-5,8H2,1-2H3,(H,14,16). The summed E-state index contributed by atoms with van der Waals surface area (Å²) < 4.78 is 4.91. The first-order chi connectivity index (χ1) is 8.13.